The molecule has 0 spiro atoms. The number of nitrogens with two attached hydrogens (primary N) is 2. The number of carbonyl (C=O) groups excluding carboxylic acids is 2. The van der Waals surface area contributed by atoms with Crippen LogP contribution < -0.4 is 20.9 Å². The van der Waals surface area contributed by atoms with Gasteiger partial charge in [0, 0.05) is 11.4 Å². The molecule has 0 aromatic heterocycles. The lowest BCUT2D eigenvalue weighted by Gasteiger charge is -2.14. The van der Waals surface area contributed by atoms with Crippen LogP contribution in [0.25, 0.3) is 0 Å². The van der Waals surface area contributed by atoms with Gasteiger partial charge in [-0.15, -0.1) is 0 Å². The van der Waals surface area contributed by atoms with Crippen LogP contribution in [0.1, 0.15) is 6.92 Å². The Kier molecular flexibility index (Phi) is 7.30. The molecule has 8 heteroatoms. The van der Waals surface area contributed by atoms with E-state index in [2.05, 4.69) is 0 Å². The Hall–Kier alpha value is -3.42. The molecule has 0 fully saturated rings. The molecule has 27 heavy (non-hydrogen) atoms. The van der Waals surface area contributed by atoms with Crippen molar-refractivity contribution in [3.05, 3.63) is 48.5 Å². The summed E-state index contributed by atoms with van der Waals surface area (Å²) in [5.41, 5.74) is 12.3. The van der Waals surface area contributed by atoms with Gasteiger partial charge in [0.2, 0.25) is 0 Å². The van der Waals surface area contributed by atoms with E-state index in [0.717, 1.165) is 0 Å². The molecule has 8 nitrogen and oxygen atoms in total. The zero-order chi connectivity index (χ0) is 19.6. The second kappa shape index (κ2) is 9.91. The van der Waals surface area contributed by atoms with Gasteiger partial charge in [-0.1, -0.05) is 0 Å². The second-order valence-electron chi connectivity index (χ2n) is 5.57. The van der Waals surface area contributed by atoms with Crippen molar-refractivity contribution in [2.75, 3.05) is 31.3 Å². The number of rotatable bonds is 9. The maximum Gasteiger partial charge on any atom is 0.347 e. The van der Waals surface area contributed by atoms with Gasteiger partial charge in [0.25, 0.3) is 0 Å². The number of nitrogen functional groups attached to an aromatic ring is 2. The van der Waals surface area contributed by atoms with Gasteiger partial charge in [0.05, 0.1) is 0 Å². The highest BCUT2D eigenvalue weighted by Crippen LogP contribution is 2.15. The lowest BCUT2D eigenvalue weighted by molar-refractivity contribution is -0.157. The van der Waals surface area contributed by atoms with Gasteiger partial charge >= 0.3 is 11.9 Å². The largest absolute Gasteiger partial charge is 0.482 e. The van der Waals surface area contributed by atoms with Crippen molar-refractivity contribution >= 4 is 23.3 Å². The summed E-state index contributed by atoms with van der Waals surface area (Å²) in [5.74, 6) is -0.142. The first kappa shape index (κ1) is 19.9. The molecule has 0 saturated carbocycles. The maximum absolute atomic E-state index is 11.8. The third kappa shape index (κ3) is 7.15. The van der Waals surface area contributed by atoms with Gasteiger partial charge in [-0.3, -0.25) is 0 Å². The summed E-state index contributed by atoms with van der Waals surface area (Å²) in [7, 11) is 0. The third-order valence-corrected chi connectivity index (χ3v) is 3.35. The van der Waals surface area contributed by atoms with Crippen LogP contribution in [0.15, 0.2) is 48.5 Å². The smallest absolute Gasteiger partial charge is 0.347 e. The van der Waals surface area contributed by atoms with Gasteiger partial charge in [-0.2, -0.15) is 0 Å². The predicted octanol–water partition coefficient (Wildman–Crippen LogP) is 1.78. The van der Waals surface area contributed by atoms with Gasteiger partial charge in [0.1, 0.15) is 24.7 Å². The Labute approximate surface area is 157 Å². The molecule has 0 bridgehead atoms. The van der Waals surface area contributed by atoms with E-state index in [1.54, 1.807) is 55.5 Å². The number of hydrogen-bond donors (Lipinski definition) is 2. The molecule has 0 amide bonds. The van der Waals surface area contributed by atoms with Crippen LogP contribution in [0.2, 0.25) is 0 Å². The van der Waals surface area contributed by atoms with Crippen LogP contribution in [0, 0.1) is 0 Å². The van der Waals surface area contributed by atoms with E-state index in [1.165, 1.54) is 0 Å². The Balaban J connectivity index is 1.60. The molecule has 2 aromatic carbocycles. The highest BCUT2D eigenvalue weighted by atomic mass is 16.6. The molecule has 2 rings (SSSR count). The summed E-state index contributed by atoms with van der Waals surface area (Å²) in [4.78, 5) is 23.4. The highest BCUT2D eigenvalue weighted by Gasteiger charge is 2.16. The summed E-state index contributed by atoms with van der Waals surface area (Å²) in [6.45, 7) is 1.14. The van der Waals surface area contributed by atoms with E-state index in [1.807, 2.05) is 0 Å². The Morgan fingerprint density at radius 2 is 1.37 bits per heavy atom. The summed E-state index contributed by atoms with van der Waals surface area (Å²) in [5, 5.41) is 0. The standard InChI is InChI=1S/C19H22N2O6/c1-13(27-17-8-4-15(21)5-9-17)19(23)25-11-10-24-18(22)12-26-16-6-2-14(20)3-7-16/h2-9,13H,10-12,20-21H2,1H3. The normalized spacial score (nSPS) is 11.3. The fourth-order valence-electron chi connectivity index (χ4n) is 1.96. The van der Waals surface area contributed by atoms with E-state index in [9.17, 15) is 9.59 Å². The van der Waals surface area contributed by atoms with Crippen molar-refractivity contribution in [2.24, 2.45) is 0 Å². The zero-order valence-electron chi connectivity index (χ0n) is 14.9. The quantitative estimate of drug-likeness (QED) is 0.387. The molecular formula is C19H22N2O6. The first-order valence-electron chi connectivity index (χ1n) is 8.27. The fourth-order valence-corrected chi connectivity index (χ4v) is 1.96. The molecular weight excluding hydrogens is 352 g/mol. The number of carbonyl (C=O) groups is 2. The second-order valence-corrected chi connectivity index (χ2v) is 5.57. The van der Waals surface area contributed by atoms with Crippen molar-refractivity contribution in [3.63, 3.8) is 0 Å². The zero-order valence-corrected chi connectivity index (χ0v) is 14.9. The molecule has 0 aliphatic rings. The van der Waals surface area contributed by atoms with Crippen molar-refractivity contribution < 1.29 is 28.5 Å². The molecule has 4 N–H and O–H groups in total. The molecule has 1 unspecified atom stereocenters. The van der Waals surface area contributed by atoms with Crippen molar-refractivity contribution in [1.82, 2.24) is 0 Å². The van der Waals surface area contributed by atoms with Crippen molar-refractivity contribution in [3.8, 4) is 11.5 Å². The van der Waals surface area contributed by atoms with Crippen LogP contribution in [0.5, 0.6) is 11.5 Å². The van der Waals surface area contributed by atoms with E-state index in [0.29, 0.717) is 22.9 Å². The van der Waals surface area contributed by atoms with Gasteiger partial charge in [-0.05, 0) is 55.5 Å². The molecule has 1 atom stereocenters. The topological polar surface area (TPSA) is 123 Å². The molecule has 0 heterocycles. The average molecular weight is 374 g/mol. The predicted molar refractivity (Wildman–Crippen MR) is 99.2 cm³/mol. The highest BCUT2D eigenvalue weighted by molar-refractivity contribution is 5.74. The number of hydrogen-bond acceptors (Lipinski definition) is 8. The van der Waals surface area contributed by atoms with E-state index in [-0.39, 0.29) is 19.8 Å². The van der Waals surface area contributed by atoms with Gasteiger partial charge < -0.3 is 30.4 Å². The van der Waals surface area contributed by atoms with E-state index < -0.39 is 18.0 Å². The molecule has 2 aromatic rings. The summed E-state index contributed by atoms with van der Waals surface area (Å²) in [6, 6.07) is 13.3. The fraction of sp³-hybridized carbons (Fsp3) is 0.263. The lowest BCUT2D eigenvalue weighted by atomic mass is 10.3. The first-order chi connectivity index (χ1) is 12.9. The summed E-state index contributed by atoms with van der Waals surface area (Å²) >= 11 is 0. The van der Waals surface area contributed by atoms with Crippen molar-refractivity contribution in [2.45, 2.75) is 13.0 Å². The number of ether oxygens (including phenoxy) is 4. The van der Waals surface area contributed by atoms with Crippen molar-refractivity contribution in [1.29, 1.82) is 0 Å². The maximum atomic E-state index is 11.8. The molecule has 0 aliphatic carbocycles. The Bertz CT molecular complexity index is 746. The average Bonchev–Trinajstić information content (AvgIpc) is 2.66. The van der Waals surface area contributed by atoms with Crippen LogP contribution >= 0.6 is 0 Å². The number of benzene rings is 2. The van der Waals surface area contributed by atoms with E-state index in [4.69, 9.17) is 30.4 Å². The summed E-state index contributed by atoms with van der Waals surface area (Å²) in [6.07, 6.45) is -0.807. The first-order valence-corrected chi connectivity index (χ1v) is 8.27. The minimum absolute atomic E-state index is 0.0791. The Morgan fingerprint density at radius 1 is 0.852 bits per heavy atom. The van der Waals surface area contributed by atoms with Gasteiger partial charge in [-0.25, -0.2) is 9.59 Å². The molecule has 0 saturated heterocycles. The third-order valence-electron chi connectivity index (χ3n) is 3.35. The van der Waals surface area contributed by atoms with Crippen LogP contribution in [-0.4, -0.2) is 37.9 Å². The molecule has 144 valence electrons. The van der Waals surface area contributed by atoms with Crippen LogP contribution in [-0.2, 0) is 19.1 Å². The number of anilines is 2. The number of esters is 2. The minimum atomic E-state index is -0.807. The lowest BCUT2D eigenvalue weighted by Crippen LogP contribution is -2.28. The monoisotopic (exact) mass is 374 g/mol. The molecule has 0 aliphatic heterocycles. The summed E-state index contributed by atoms with van der Waals surface area (Å²) < 4.78 is 20.6. The van der Waals surface area contributed by atoms with E-state index >= 15 is 0 Å². The minimum Gasteiger partial charge on any atom is -0.482 e. The van der Waals surface area contributed by atoms with Crippen LogP contribution in [0.3, 0.4) is 0 Å². The van der Waals surface area contributed by atoms with Gasteiger partial charge in [0.15, 0.2) is 12.7 Å². The van der Waals surface area contributed by atoms with Crippen LogP contribution in [0.4, 0.5) is 11.4 Å². The SMILES string of the molecule is CC(Oc1ccc(N)cc1)C(=O)OCCOC(=O)COc1ccc(N)cc1. The Morgan fingerprint density at radius 3 is 1.96 bits per heavy atom. The molecule has 0 radical (unpaired) electrons.